The van der Waals surface area contributed by atoms with Crippen molar-refractivity contribution >= 4 is 23.2 Å². The Kier molecular flexibility index (Phi) is 7.04. The lowest BCUT2D eigenvalue weighted by Crippen LogP contribution is -2.42. The van der Waals surface area contributed by atoms with Crippen molar-refractivity contribution in [3.05, 3.63) is 100 Å². The molecular weight excluding hydrogens is 456 g/mol. The van der Waals surface area contributed by atoms with Crippen LogP contribution < -0.4 is 5.32 Å². The number of nitrogens with zero attached hydrogens (tertiary/aromatic N) is 3. The Balaban J connectivity index is 1.23. The molecule has 2 aromatic carbocycles. The van der Waals surface area contributed by atoms with Crippen LogP contribution in [0.3, 0.4) is 0 Å². The summed E-state index contributed by atoms with van der Waals surface area (Å²) >= 11 is 1.46. The molecule has 4 aromatic rings. The van der Waals surface area contributed by atoms with E-state index in [4.69, 9.17) is 5.10 Å². The number of hydrogen-bond donors (Lipinski definition) is 1. The summed E-state index contributed by atoms with van der Waals surface area (Å²) in [4.78, 5) is 28.2. The highest BCUT2D eigenvalue weighted by atomic mass is 32.1. The van der Waals surface area contributed by atoms with Crippen LogP contribution >= 0.6 is 11.3 Å². The number of nitrogens with one attached hydrogen (secondary N) is 1. The Labute approximate surface area is 209 Å². The van der Waals surface area contributed by atoms with Crippen LogP contribution in [0.4, 0.5) is 0 Å². The van der Waals surface area contributed by atoms with Crippen LogP contribution in [0.5, 0.6) is 0 Å². The van der Waals surface area contributed by atoms with Crippen LogP contribution in [-0.2, 0) is 17.9 Å². The fourth-order valence-corrected chi connectivity index (χ4v) is 5.20. The Hall–Kier alpha value is -3.71. The summed E-state index contributed by atoms with van der Waals surface area (Å²) in [6, 6.07) is 24.0. The fourth-order valence-electron chi connectivity index (χ4n) is 4.51. The van der Waals surface area contributed by atoms with E-state index in [1.165, 1.54) is 16.9 Å². The molecule has 6 nitrogen and oxygen atoms in total. The van der Waals surface area contributed by atoms with Gasteiger partial charge < -0.3 is 10.2 Å². The van der Waals surface area contributed by atoms with Crippen LogP contribution in [0.25, 0.3) is 11.3 Å². The number of benzene rings is 2. The number of amides is 2. The molecule has 1 aliphatic rings. The molecule has 2 aromatic heterocycles. The van der Waals surface area contributed by atoms with Gasteiger partial charge in [0, 0.05) is 42.9 Å². The Morgan fingerprint density at radius 2 is 1.66 bits per heavy atom. The van der Waals surface area contributed by atoms with E-state index in [9.17, 15) is 9.59 Å². The van der Waals surface area contributed by atoms with E-state index >= 15 is 0 Å². The molecule has 35 heavy (non-hydrogen) atoms. The highest BCUT2D eigenvalue weighted by Crippen LogP contribution is 2.24. The maximum Gasteiger partial charge on any atom is 0.263 e. The van der Waals surface area contributed by atoms with Gasteiger partial charge in [0.05, 0.1) is 17.1 Å². The van der Waals surface area contributed by atoms with Crippen LogP contribution in [0.15, 0.2) is 84.4 Å². The minimum absolute atomic E-state index is 0.0445. The second-order valence-electron chi connectivity index (χ2n) is 8.81. The fraction of sp³-hybridized carbons (Fsp3) is 0.250. The van der Waals surface area contributed by atoms with Gasteiger partial charge >= 0.3 is 0 Å². The van der Waals surface area contributed by atoms with Gasteiger partial charge in [0.2, 0.25) is 5.91 Å². The standard InChI is InChI=1S/C28H28N4O2S/c33-27(23-13-15-31(16-14-23)28(34)25-12-7-17-35-25)29-18-24-20-32(19-21-8-3-1-4-9-21)30-26(24)22-10-5-2-6-11-22/h1-12,17,20,23H,13-16,18-19H2,(H,29,33). The van der Waals surface area contributed by atoms with Crippen molar-refractivity contribution in [1.29, 1.82) is 0 Å². The molecular formula is C28H28N4O2S. The zero-order chi connectivity index (χ0) is 24.0. The summed E-state index contributed by atoms with van der Waals surface area (Å²) < 4.78 is 1.94. The predicted octanol–water partition coefficient (Wildman–Crippen LogP) is 4.83. The first kappa shape index (κ1) is 23.1. The Morgan fingerprint density at radius 1 is 0.943 bits per heavy atom. The van der Waals surface area contributed by atoms with E-state index in [2.05, 4.69) is 17.4 Å². The zero-order valence-corrected chi connectivity index (χ0v) is 20.3. The third-order valence-electron chi connectivity index (χ3n) is 6.41. The first-order valence-corrected chi connectivity index (χ1v) is 12.8. The van der Waals surface area contributed by atoms with Gasteiger partial charge in [0.25, 0.3) is 5.91 Å². The smallest absolute Gasteiger partial charge is 0.263 e. The van der Waals surface area contributed by atoms with Crippen LogP contribution in [0.1, 0.15) is 33.6 Å². The molecule has 1 saturated heterocycles. The number of rotatable bonds is 7. The third kappa shape index (κ3) is 5.52. The number of carbonyl (C=O) groups excluding carboxylic acids is 2. The Bertz CT molecular complexity index is 1260. The molecule has 2 amide bonds. The first-order valence-electron chi connectivity index (χ1n) is 11.9. The van der Waals surface area contributed by atoms with Gasteiger partial charge in [0.1, 0.15) is 0 Å². The first-order chi connectivity index (χ1) is 17.2. The highest BCUT2D eigenvalue weighted by Gasteiger charge is 2.28. The number of thiophene rings is 1. The molecule has 1 aliphatic heterocycles. The number of aromatic nitrogens is 2. The van der Waals surface area contributed by atoms with Gasteiger partial charge in [-0.1, -0.05) is 66.7 Å². The monoisotopic (exact) mass is 484 g/mol. The molecule has 0 atom stereocenters. The average molecular weight is 485 g/mol. The van der Waals surface area contributed by atoms with Gasteiger partial charge in [-0.05, 0) is 29.9 Å². The van der Waals surface area contributed by atoms with E-state index < -0.39 is 0 Å². The molecule has 0 unspecified atom stereocenters. The van der Waals surface area contributed by atoms with Crippen LogP contribution in [-0.4, -0.2) is 39.6 Å². The second kappa shape index (κ2) is 10.7. The molecule has 0 aliphatic carbocycles. The Morgan fingerprint density at radius 3 is 2.34 bits per heavy atom. The number of piperidine rings is 1. The molecule has 1 fully saturated rings. The van der Waals surface area contributed by atoms with Gasteiger partial charge in [0.15, 0.2) is 0 Å². The van der Waals surface area contributed by atoms with Crippen molar-refractivity contribution in [1.82, 2.24) is 20.0 Å². The SMILES string of the molecule is O=C(NCc1cn(Cc2ccccc2)nc1-c1ccccc1)C1CCN(C(=O)c2cccs2)CC1. The van der Waals surface area contributed by atoms with E-state index in [0.29, 0.717) is 39.0 Å². The minimum atomic E-state index is -0.0816. The van der Waals surface area contributed by atoms with E-state index in [-0.39, 0.29) is 17.7 Å². The highest BCUT2D eigenvalue weighted by molar-refractivity contribution is 7.12. The largest absolute Gasteiger partial charge is 0.352 e. The maximum atomic E-state index is 13.0. The molecule has 0 saturated carbocycles. The van der Waals surface area contributed by atoms with E-state index in [1.807, 2.05) is 81.8 Å². The van der Waals surface area contributed by atoms with Crippen molar-refractivity contribution in [3.63, 3.8) is 0 Å². The van der Waals surface area contributed by atoms with E-state index in [0.717, 1.165) is 21.7 Å². The molecule has 5 rings (SSSR count). The maximum absolute atomic E-state index is 13.0. The lowest BCUT2D eigenvalue weighted by atomic mass is 9.95. The van der Waals surface area contributed by atoms with Gasteiger partial charge in [-0.3, -0.25) is 14.3 Å². The van der Waals surface area contributed by atoms with Crippen LogP contribution in [0.2, 0.25) is 0 Å². The zero-order valence-electron chi connectivity index (χ0n) is 19.5. The van der Waals surface area contributed by atoms with Crippen molar-refractivity contribution in [2.45, 2.75) is 25.9 Å². The van der Waals surface area contributed by atoms with Crippen LogP contribution in [0, 0.1) is 5.92 Å². The minimum Gasteiger partial charge on any atom is -0.352 e. The topological polar surface area (TPSA) is 67.2 Å². The summed E-state index contributed by atoms with van der Waals surface area (Å²) in [5, 5.41) is 9.89. The summed E-state index contributed by atoms with van der Waals surface area (Å²) in [5.41, 5.74) is 4.09. The molecule has 1 N–H and O–H groups in total. The summed E-state index contributed by atoms with van der Waals surface area (Å²) in [7, 11) is 0. The third-order valence-corrected chi connectivity index (χ3v) is 7.27. The average Bonchev–Trinajstić information content (AvgIpc) is 3.59. The molecule has 0 bridgehead atoms. The van der Waals surface area contributed by atoms with Crippen molar-refractivity contribution in [2.75, 3.05) is 13.1 Å². The van der Waals surface area contributed by atoms with Crippen molar-refractivity contribution < 1.29 is 9.59 Å². The lowest BCUT2D eigenvalue weighted by Gasteiger charge is -2.31. The second-order valence-corrected chi connectivity index (χ2v) is 9.76. The molecule has 0 spiro atoms. The van der Waals surface area contributed by atoms with Crippen molar-refractivity contribution in [2.24, 2.45) is 5.92 Å². The summed E-state index contributed by atoms with van der Waals surface area (Å²) in [5.74, 6) is 0.0298. The quantitative estimate of drug-likeness (QED) is 0.409. The summed E-state index contributed by atoms with van der Waals surface area (Å²) in [6.07, 6.45) is 3.39. The lowest BCUT2D eigenvalue weighted by molar-refractivity contribution is -0.126. The number of carbonyl (C=O) groups is 2. The van der Waals surface area contributed by atoms with Crippen molar-refractivity contribution in [3.8, 4) is 11.3 Å². The predicted molar refractivity (Wildman–Crippen MR) is 138 cm³/mol. The molecule has 3 heterocycles. The molecule has 0 radical (unpaired) electrons. The van der Waals surface area contributed by atoms with Gasteiger partial charge in [-0.15, -0.1) is 11.3 Å². The normalized spacial score (nSPS) is 14.1. The van der Waals surface area contributed by atoms with Gasteiger partial charge in [-0.2, -0.15) is 5.10 Å². The number of likely N-dealkylation sites (tertiary alicyclic amines) is 1. The van der Waals surface area contributed by atoms with E-state index in [1.54, 1.807) is 0 Å². The number of hydrogen-bond acceptors (Lipinski definition) is 4. The van der Waals surface area contributed by atoms with Gasteiger partial charge in [-0.25, -0.2) is 0 Å². The molecule has 7 heteroatoms. The molecule has 178 valence electrons. The summed E-state index contributed by atoms with van der Waals surface area (Å²) in [6.45, 7) is 2.32.